The van der Waals surface area contributed by atoms with Crippen LogP contribution in [-0.2, 0) is 37.0 Å². The maximum atomic E-state index is 15.5. The number of thiazole rings is 1. The van der Waals surface area contributed by atoms with E-state index in [9.17, 15) is 24.3 Å². The number of morpholine rings is 1. The van der Waals surface area contributed by atoms with E-state index in [4.69, 9.17) is 14.8 Å². The summed E-state index contributed by atoms with van der Waals surface area (Å²) < 4.78 is 38.3. The molecule has 20 heteroatoms. The quantitative estimate of drug-likeness (QED) is 0.0421. The molecule has 17 nitrogen and oxygen atoms in total. The first kappa shape index (κ1) is 60.0. The van der Waals surface area contributed by atoms with Gasteiger partial charge < -0.3 is 30.7 Å². The molecule has 4 N–H and O–H groups in total. The highest BCUT2D eigenvalue weighted by Gasteiger charge is 2.44. The van der Waals surface area contributed by atoms with Gasteiger partial charge in [0.2, 0.25) is 23.6 Å². The second kappa shape index (κ2) is 28.1. The number of para-hydroxylation sites is 1. The average molecular weight is 1140 g/mol. The molecule has 3 fully saturated rings. The zero-order valence-electron chi connectivity index (χ0n) is 47.8. The molecule has 0 spiro atoms. The molecule has 3 aromatic heterocycles. The fraction of sp³-hybridized carbons (Fsp3) is 0.516. The lowest BCUT2D eigenvalue weighted by molar-refractivity contribution is -0.144. The van der Waals surface area contributed by atoms with Crippen LogP contribution in [0.5, 0.6) is 0 Å². The molecule has 3 saturated heterocycles. The van der Waals surface area contributed by atoms with Gasteiger partial charge in [0.05, 0.1) is 77.1 Å². The van der Waals surface area contributed by atoms with Crippen molar-refractivity contribution in [1.82, 2.24) is 55.4 Å². The summed E-state index contributed by atoms with van der Waals surface area (Å²) in [6.45, 7) is 13.0. The number of halogens is 2. The highest BCUT2D eigenvalue weighted by Crippen LogP contribution is 2.33. The number of hydrogen-bond acceptors (Lipinski definition) is 13. The van der Waals surface area contributed by atoms with Crippen LogP contribution in [0.2, 0.25) is 0 Å². The van der Waals surface area contributed by atoms with E-state index in [1.54, 1.807) is 23.7 Å². The van der Waals surface area contributed by atoms with Crippen LogP contribution in [-0.4, -0.2) is 145 Å². The minimum Gasteiger partial charge on any atom is -0.391 e. The van der Waals surface area contributed by atoms with Gasteiger partial charge in [-0.05, 0) is 72.9 Å². The second-order valence-corrected chi connectivity index (χ2v) is 24.2. The van der Waals surface area contributed by atoms with Crippen molar-refractivity contribution >= 4 is 46.0 Å². The third kappa shape index (κ3) is 15.7. The van der Waals surface area contributed by atoms with Crippen molar-refractivity contribution in [3.8, 4) is 32.8 Å². The lowest BCUT2D eigenvalue weighted by atomic mass is 9.85. The molecule has 0 unspecified atom stereocenters. The number of hydrogen-bond donors (Lipinski definition) is 4. The third-order valence-corrected chi connectivity index (χ3v) is 17.0. The molecule has 0 aliphatic carbocycles. The fourth-order valence-corrected chi connectivity index (χ4v) is 12.1. The molecule has 3 atom stereocenters. The van der Waals surface area contributed by atoms with E-state index in [2.05, 4.69) is 30.8 Å². The summed E-state index contributed by atoms with van der Waals surface area (Å²) in [5, 5.41) is 24.3. The van der Waals surface area contributed by atoms with Gasteiger partial charge in [-0.15, -0.1) is 11.3 Å². The van der Waals surface area contributed by atoms with E-state index >= 15 is 8.78 Å². The lowest BCUT2D eigenvalue weighted by Crippen LogP contribution is -2.57. The number of rotatable bonds is 24. The van der Waals surface area contributed by atoms with Crippen LogP contribution in [0.3, 0.4) is 0 Å². The molecule has 0 saturated carbocycles. The fourth-order valence-electron chi connectivity index (χ4n) is 11.3. The lowest BCUT2D eigenvalue weighted by Gasteiger charge is -2.35. The van der Waals surface area contributed by atoms with E-state index in [1.807, 2.05) is 91.4 Å². The van der Waals surface area contributed by atoms with Crippen molar-refractivity contribution in [2.45, 2.75) is 142 Å². The number of likely N-dealkylation sites (tertiary alicyclic amines) is 2. The molecule has 6 aromatic rings. The normalized spacial score (nSPS) is 17.8. The monoisotopic (exact) mass is 1140 g/mol. The number of aromatic nitrogens is 5. The van der Waals surface area contributed by atoms with E-state index in [1.165, 1.54) is 17.0 Å². The van der Waals surface area contributed by atoms with Gasteiger partial charge in [0.1, 0.15) is 23.7 Å². The first-order valence-corrected chi connectivity index (χ1v) is 30.1. The predicted molar refractivity (Wildman–Crippen MR) is 313 cm³/mol. The highest BCUT2D eigenvalue weighted by molar-refractivity contribution is 7.13. The zero-order chi connectivity index (χ0) is 57.8. The number of piperidine rings is 1. The van der Waals surface area contributed by atoms with Crippen molar-refractivity contribution in [1.29, 1.82) is 0 Å². The molecule has 4 amide bonds. The van der Waals surface area contributed by atoms with Crippen molar-refractivity contribution in [2.75, 3.05) is 59.0 Å². The topological polar surface area (TPSA) is 200 Å². The molecule has 3 aliphatic heterocycles. The molecule has 3 aliphatic rings. The molecule has 6 heterocycles. The molecule has 0 radical (unpaired) electrons. The molecule has 438 valence electrons. The van der Waals surface area contributed by atoms with Gasteiger partial charge >= 0.3 is 0 Å². The number of carbonyl (C=O) groups is 4. The maximum absolute atomic E-state index is 15.5. The highest BCUT2D eigenvalue weighted by atomic mass is 32.1. The summed E-state index contributed by atoms with van der Waals surface area (Å²) in [5.74, 6) is -2.06. The third-order valence-electron chi connectivity index (χ3n) is 16.1. The number of unbranched alkanes of at least 4 members (excludes halogenated alkanes) is 7. The number of nitrogens with one attached hydrogen (secondary N) is 3. The SMILES string of the molecule is Cc1ncsc1-c1ccc(CNC(=O)[C@@H]2C[C@@H](O)CN2C(=O)[C@@H](NC(=O)CCCCCCCCCCNC(=O)CN2CCC(n3cc(-c4cnc5cccc(-c6cc(F)c(CN7CCOCC7)c(F)c6)c5n4)cn3)CC2)C(C)(C)C)cc1. The predicted octanol–water partition coefficient (Wildman–Crippen LogP) is 8.78. The Hall–Kier alpha value is -6.58. The van der Waals surface area contributed by atoms with E-state index in [0.717, 1.165) is 98.1 Å². The summed E-state index contributed by atoms with van der Waals surface area (Å²) in [6, 6.07) is 14.6. The van der Waals surface area contributed by atoms with E-state index in [-0.39, 0.29) is 61.3 Å². The van der Waals surface area contributed by atoms with Gasteiger partial charge in [-0.2, -0.15) is 5.10 Å². The van der Waals surface area contributed by atoms with E-state index < -0.39 is 35.2 Å². The number of nitrogens with zero attached hydrogens (tertiary/aromatic N) is 8. The van der Waals surface area contributed by atoms with Gasteiger partial charge in [-0.1, -0.05) is 95.7 Å². The van der Waals surface area contributed by atoms with Crippen LogP contribution in [0.15, 0.2) is 78.7 Å². The van der Waals surface area contributed by atoms with Crippen molar-refractivity contribution < 1.29 is 37.8 Å². The van der Waals surface area contributed by atoms with Gasteiger partial charge in [-0.25, -0.2) is 18.7 Å². The Labute approximate surface area is 483 Å². The first-order valence-electron chi connectivity index (χ1n) is 29.2. The van der Waals surface area contributed by atoms with Crippen molar-refractivity contribution in [3.63, 3.8) is 0 Å². The van der Waals surface area contributed by atoms with Gasteiger partial charge in [-0.3, -0.25) is 38.6 Å². The molecular formula is C62H79F2N11O6S. The standard InChI is InChI=1S/C62H79F2N11O6S/c1-41-58(82-40-68-41)43-19-17-42(18-20-43)33-67-60(79)54-32-47(76)37-74(54)61(80)59(62(2,3)4)71-55(77)16-11-9-7-5-6-8-10-12-23-65-56(78)39-72-24-21-46(22-25-72)75-36-45(34-69-75)53-35-66-52-15-13-14-48(57(52)70-53)44-30-50(63)49(51(64)31-44)38-73-26-28-81-29-27-73/h13-15,17-20,30-31,34-36,40,46-47,54,59,76H,5-12,16,21-29,32-33,37-39H2,1-4H3,(H,65,78)(H,67,79)(H,71,77)/t47-,54+,59-/m1/s1. The molecule has 82 heavy (non-hydrogen) atoms. The van der Waals surface area contributed by atoms with Crippen LogP contribution in [0, 0.1) is 24.0 Å². The number of fused-ring (bicyclic) bond motifs is 1. The Morgan fingerprint density at radius 3 is 2.22 bits per heavy atom. The minimum atomic E-state index is -0.860. The molecule has 3 aromatic carbocycles. The zero-order valence-corrected chi connectivity index (χ0v) is 48.6. The Bertz CT molecular complexity index is 3110. The van der Waals surface area contributed by atoms with Gasteiger partial charge in [0, 0.05) is 88.1 Å². The molecule has 0 bridgehead atoms. The number of benzene rings is 3. The maximum Gasteiger partial charge on any atom is 0.246 e. The number of aliphatic hydroxyl groups excluding tert-OH is 1. The number of carbonyl (C=O) groups excluding carboxylic acids is 4. The Morgan fingerprint density at radius 2 is 1.52 bits per heavy atom. The summed E-state index contributed by atoms with van der Waals surface area (Å²) in [7, 11) is 0. The summed E-state index contributed by atoms with van der Waals surface area (Å²) >= 11 is 1.58. The second-order valence-electron chi connectivity index (χ2n) is 23.3. The number of β-amino-alcohol motifs (C(OH)–C–C–N with tert-alkyl or cyclic N) is 1. The number of amides is 4. The van der Waals surface area contributed by atoms with Gasteiger partial charge in [0.25, 0.3) is 0 Å². The van der Waals surface area contributed by atoms with E-state index in [0.29, 0.717) is 80.1 Å². The van der Waals surface area contributed by atoms with Gasteiger partial charge in [0.15, 0.2) is 0 Å². The average Bonchev–Trinajstić information content (AvgIpc) is 4.27. The molecule has 9 rings (SSSR count). The Balaban J connectivity index is 0.627. The minimum absolute atomic E-state index is 0.0253. The number of aryl methyl sites for hydroxylation is 1. The molecular weight excluding hydrogens is 1060 g/mol. The number of aliphatic hydroxyl groups is 1. The summed E-state index contributed by atoms with van der Waals surface area (Å²) in [5.41, 5.74) is 7.74. The largest absolute Gasteiger partial charge is 0.391 e. The van der Waals surface area contributed by atoms with Crippen LogP contribution >= 0.6 is 11.3 Å². The Morgan fingerprint density at radius 1 is 0.817 bits per heavy atom. The summed E-state index contributed by atoms with van der Waals surface area (Å²) in [6.07, 6.45) is 14.5. The van der Waals surface area contributed by atoms with Crippen LogP contribution < -0.4 is 16.0 Å². The van der Waals surface area contributed by atoms with Crippen molar-refractivity contribution in [2.24, 2.45) is 5.41 Å². The van der Waals surface area contributed by atoms with Crippen LogP contribution in [0.1, 0.15) is 121 Å². The number of ether oxygens (including phenoxy) is 1. The smallest absolute Gasteiger partial charge is 0.246 e. The van der Waals surface area contributed by atoms with Crippen LogP contribution in [0.25, 0.3) is 43.9 Å². The van der Waals surface area contributed by atoms with Crippen molar-refractivity contribution in [3.05, 3.63) is 107 Å². The summed E-state index contributed by atoms with van der Waals surface area (Å²) in [4.78, 5) is 74.3. The Kier molecular flexibility index (Phi) is 20.6. The van der Waals surface area contributed by atoms with Crippen LogP contribution in [0.4, 0.5) is 8.78 Å². The first-order chi connectivity index (χ1) is 39.6.